The molecule has 92 valence electrons. The molecule has 1 fully saturated rings. The molecule has 0 saturated heterocycles. The molecule has 1 nitrogen and oxygen atoms in total. The van der Waals surface area contributed by atoms with Crippen LogP contribution in [0.2, 0.25) is 0 Å². The average Bonchev–Trinajstić information content (AvgIpc) is 2.30. The molecule has 2 aliphatic rings. The normalized spacial score (nSPS) is 40.2. The summed E-state index contributed by atoms with van der Waals surface area (Å²) in [5.41, 5.74) is 0. The quantitative estimate of drug-likeness (QED) is 0.705. The zero-order valence-corrected chi connectivity index (χ0v) is 10.7. The van der Waals surface area contributed by atoms with Gasteiger partial charge in [0.1, 0.15) is 0 Å². The van der Waals surface area contributed by atoms with Gasteiger partial charge in [-0.25, -0.2) is 0 Å². The van der Waals surface area contributed by atoms with E-state index < -0.39 is 0 Å². The van der Waals surface area contributed by atoms with Gasteiger partial charge in [-0.15, -0.1) is 0 Å². The lowest BCUT2D eigenvalue weighted by molar-refractivity contribution is 0.0148. The van der Waals surface area contributed by atoms with Gasteiger partial charge in [0, 0.05) is 0 Å². The van der Waals surface area contributed by atoms with Gasteiger partial charge in [0.15, 0.2) is 0 Å². The molecule has 16 heavy (non-hydrogen) atoms. The molecule has 4 atom stereocenters. The van der Waals surface area contributed by atoms with Crippen molar-refractivity contribution in [2.75, 3.05) is 0 Å². The maximum absolute atomic E-state index is 10.2. The minimum atomic E-state index is -0.0391. The zero-order valence-electron chi connectivity index (χ0n) is 10.7. The van der Waals surface area contributed by atoms with Crippen LogP contribution >= 0.6 is 0 Å². The van der Waals surface area contributed by atoms with Gasteiger partial charge < -0.3 is 5.11 Å². The maximum Gasteiger partial charge on any atom is 0.0574 e. The van der Waals surface area contributed by atoms with Crippen molar-refractivity contribution in [1.29, 1.82) is 0 Å². The van der Waals surface area contributed by atoms with Crippen LogP contribution in [0.15, 0.2) is 12.2 Å². The van der Waals surface area contributed by atoms with Crippen molar-refractivity contribution >= 4 is 0 Å². The second kappa shape index (κ2) is 5.35. The van der Waals surface area contributed by atoms with Gasteiger partial charge in [0.2, 0.25) is 0 Å². The summed E-state index contributed by atoms with van der Waals surface area (Å²) in [6.07, 6.45) is 12.0. The van der Waals surface area contributed by atoms with Crippen LogP contribution in [-0.2, 0) is 0 Å². The van der Waals surface area contributed by atoms with Crippen molar-refractivity contribution < 1.29 is 5.11 Å². The van der Waals surface area contributed by atoms with Gasteiger partial charge in [0.05, 0.1) is 6.10 Å². The molecule has 0 spiro atoms. The fourth-order valence-electron chi connectivity index (χ4n) is 3.48. The summed E-state index contributed by atoms with van der Waals surface area (Å²) in [5, 5.41) is 10.2. The molecule has 4 unspecified atom stereocenters. The van der Waals surface area contributed by atoms with E-state index >= 15 is 0 Å². The Kier molecular flexibility index (Phi) is 4.07. The standard InChI is InChI=1S/C15H26O/c1-11(2)13-8-9-15(16)14(10-13)12-6-4-3-5-7-12/h4,6,11-16H,3,5,7-10H2,1-2H3. The van der Waals surface area contributed by atoms with Crippen LogP contribution < -0.4 is 0 Å². The molecule has 1 saturated carbocycles. The summed E-state index contributed by atoms with van der Waals surface area (Å²) in [6, 6.07) is 0. The number of aliphatic hydroxyl groups excluding tert-OH is 1. The lowest BCUT2D eigenvalue weighted by atomic mass is 9.68. The van der Waals surface area contributed by atoms with Crippen molar-refractivity contribution in [1.82, 2.24) is 0 Å². The molecule has 0 amide bonds. The summed E-state index contributed by atoms with van der Waals surface area (Å²) < 4.78 is 0. The van der Waals surface area contributed by atoms with E-state index in [0.717, 1.165) is 18.3 Å². The Hall–Kier alpha value is -0.300. The predicted octanol–water partition coefficient (Wildman–Crippen LogP) is 3.78. The Labute approximate surface area is 99.9 Å². The summed E-state index contributed by atoms with van der Waals surface area (Å²) in [6.45, 7) is 4.66. The van der Waals surface area contributed by atoms with E-state index in [2.05, 4.69) is 26.0 Å². The highest BCUT2D eigenvalue weighted by molar-refractivity contribution is 4.99. The molecule has 0 aromatic heterocycles. The van der Waals surface area contributed by atoms with E-state index in [-0.39, 0.29) is 6.10 Å². The van der Waals surface area contributed by atoms with Crippen molar-refractivity contribution in [2.45, 2.75) is 58.5 Å². The monoisotopic (exact) mass is 222 g/mol. The lowest BCUT2D eigenvalue weighted by Crippen LogP contribution is -2.35. The fourth-order valence-corrected chi connectivity index (χ4v) is 3.48. The molecule has 0 radical (unpaired) electrons. The smallest absolute Gasteiger partial charge is 0.0574 e. The Morgan fingerprint density at radius 1 is 1.19 bits per heavy atom. The third-order valence-electron chi connectivity index (χ3n) is 4.69. The number of hydrogen-bond donors (Lipinski definition) is 1. The van der Waals surface area contributed by atoms with Crippen LogP contribution in [0, 0.1) is 23.7 Å². The first-order valence-corrected chi connectivity index (χ1v) is 7.03. The van der Waals surface area contributed by atoms with Crippen LogP contribution in [0.5, 0.6) is 0 Å². The van der Waals surface area contributed by atoms with E-state index in [0.29, 0.717) is 11.8 Å². The van der Waals surface area contributed by atoms with Crippen LogP contribution in [0.25, 0.3) is 0 Å². The first-order chi connectivity index (χ1) is 7.68. The second-order valence-corrected chi connectivity index (χ2v) is 6.07. The Morgan fingerprint density at radius 3 is 2.62 bits per heavy atom. The van der Waals surface area contributed by atoms with Crippen molar-refractivity contribution in [3.63, 3.8) is 0 Å². The Balaban J connectivity index is 2.00. The summed E-state index contributed by atoms with van der Waals surface area (Å²) >= 11 is 0. The van der Waals surface area contributed by atoms with Crippen LogP contribution in [0.3, 0.4) is 0 Å². The SMILES string of the molecule is CC(C)C1CCC(O)C(C2C=CCCC2)C1. The van der Waals surface area contributed by atoms with E-state index in [9.17, 15) is 5.11 Å². The van der Waals surface area contributed by atoms with Gasteiger partial charge >= 0.3 is 0 Å². The molecule has 2 aliphatic carbocycles. The number of aliphatic hydroxyl groups is 1. The maximum atomic E-state index is 10.2. The topological polar surface area (TPSA) is 20.2 Å². The summed E-state index contributed by atoms with van der Waals surface area (Å²) in [5.74, 6) is 2.81. The molecule has 0 aliphatic heterocycles. The molecule has 0 heterocycles. The molecule has 0 aromatic carbocycles. The van der Waals surface area contributed by atoms with Crippen molar-refractivity contribution in [3.05, 3.63) is 12.2 Å². The summed E-state index contributed by atoms with van der Waals surface area (Å²) in [7, 11) is 0. The highest BCUT2D eigenvalue weighted by Crippen LogP contribution is 2.40. The molecular weight excluding hydrogens is 196 g/mol. The first kappa shape index (κ1) is 12.2. The lowest BCUT2D eigenvalue weighted by Gasteiger charge is -2.39. The number of hydrogen-bond acceptors (Lipinski definition) is 1. The molecular formula is C15H26O. The predicted molar refractivity (Wildman–Crippen MR) is 68.2 cm³/mol. The molecule has 0 aromatic rings. The fraction of sp³-hybridized carbons (Fsp3) is 0.867. The summed E-state index contributed by atoms with van der Waals surface area (Å²) in [4.78, 5) is 0. The zero-order chi connectivity index (χ0) is 11.5. The van der Waals surface area contributed by atoms with E-state index in [4.69, 9.17) is 0 Å². The Morgan fingerprint density at radius 2 is 2.00 bits per heavy atom. The van der Waals surface area contributed by atoms with Crippen molar-refractivity contribution in [3.8, 4) is 0 Å². The van der Waals surface area contributed by atoms with Gasteiger partial charge in [-0.2, -0.15) is 0 Å². The highest BCUT2D eigenvalue weighted by Gasteiger charge is 2.34. The highest BCUT2D eigenvalue weighted by atomic mass is 16.3. The third-order valence-corrected chi connectivity index (χ3v) is 4.69. The Bertz CT molecular complexity index is 244. The first-order valence-electron chi connectivity index (χ1n) is 7.03. The molecule has 1 N–H and O–H groups in total. The molecule has 1 heteroatoms. The van der Waals surface area contributed by atoms with Gasteiger partial charge in [-0.1, -0.05) is 26.0 Å². The third kappa shape index (κ3) is 2.68. The van der Waals surface area contributed by atoms with E-state index in [1.165, 1.54) is 32.1 Å². The van der Waals surface area contributed by atoms with E-state index in [1.54, 1.807) is 0 Å². The van der Waals surface area contributed by atoms with Gasteiger partial charge in [-0.3, -0.25) is 0 Å². The second-order valence-electron chi connectivity index (χ2n) is 6.07. The molecule has 2 rings (SSSR count). The van der Waals surface area contributed by atoms with Crippen LogP contribution in [-0.4, -0.2) is 11.2 Å². The largest absolute Gasteiger partial charge is 0.393 e. The average molecular weight is 222 g/mol. The number of rotatable bonds is 2. The van der Waals surface area contributed by atoms with Crippen LogP contribution in [0.4, 0.5) is 0 Å². The van der Waals surface area contributed by atoms with Gasteiger partial charge in [0.25, 0.3) is 0 Å². The number of allylic oxidation sites excluding steroid dienone is 2. The van der Waals surface area contributed by atoms with Crippen LogP contribution in [0.1, 0.15) is 52.4 Å². The molecule has 0 bridgehead atoms. The van der Waals surface area contributed by atoms with Gasteiger partial charge in [-0.05, 0) is 62.2 Å². The minimum Gasteiger partial charge on any atom is -0.393 e. The van der Waals surface area contributed by atoms with Crippen molar-refractivity contribution in [2.24, 2.45) is 23.7 Å². The van der Waals surface area contributed by atoms with E-state index in [1.807, 2.05) is 0 Å². The minimum absolute atomic E-state index is 0.0391.